The van der Waals surface area contributed by atoms with E-state index in [4.69, 9.17) is 0 Å². The first-order valence-corrected chi connectivity index (χ1v) is 7.04. The van der Waals surface area contributed by atoms with Crippen molar-refractivity contribution >= 4 is 0 Å². The minimum absolute atomic E-state index is 0.368. The summed E-state index contributed by atoms with van der Waals surface area (Å²) >= 11 is 0. The van der Waals surface area contributed by atoms with Crippen LogP contribution >= 0.6 is 0 Å². The van der Waals surface area contributed by atoms with Crippen LogP contribution in [0.1, 0.15) is 57.9 Å². The van der Waals surface area contributed by atoms with Gasteiger partial charge in [0.05, 0.1) is 0 Å². The minimum atomic E-state index is 0.368. The molecule has 0 saturated carbocycles. The highest BCUT2D eigenvalue weighted by molar-refractivity contribution is 5.26. The van der Waals surface area contributed by atoms with Crippen molar-refractivity contribution in [2.45, 2.75) is 58.8 Å². The van der Waals surface area contributed by atoms with Crippen LogP contribution in [-0.2, 0) is 6.42 Å². The summed E-state index contributed by atoms with van der Waals surface area (Å²) in [5.74, 6) is 1.19. The van der Waals surface area contributed by atoms with Gasteiger partial charge in [0.25, 0.3) is 0 Å². The topological polar surface area (TPSA) is 20.2 Å². The Kier molecular flexibility index (Phi) is 6.76. The smallest absolute Gasteiger partial charge is 0.115 e. The number of unbranched alkanes of at least 4 members (excludes halogenated alkanes) is 2. The van der Waals surface area contributed by atoms with Gasteiger partial charge < -0.3 is 5.11 Å². The monoisotopic (exact) mass is 234 g/mol. The molecule has 0 aliphatic carbocycles. The van der Waals surface area contributed by atoms with E-state index in [1.54, 1.807) is 12.1 Å². The summed E-state index contributed by atoms with van der Waals surface area (Å²) in [4.78, 5) is 0. The third-order valence-electron chi connectivity index (χ3n) is 3.39. The van der Waals surface area contributed by atoms with E-state index in [2.05, 4.69) is 26.0 Å². The predicted molar refractivity (Wildman–Crippen MR) is 74.4 cm³/mol. The molecule has 0 unspecified atom stereocenters. The average Bonchev–Trinajstić information content (AvgIpc) is 2.35. The number of phenolic OH excluding ortho intramolecular Hbond substituents is 1. The molecule has 1 rings (SSSR count). The molecule has 96 valence electrons. The number of aromatic hydroxyl groups is 1. The Hall–Kier alpha value is -0.980. The molecule has 0 heterocycles. The van der Waals surface area contributed by atoms with Crippen LogP contribution in [-0.4, -0.2) is 5.11 Å². The van der Waals surface area contributed by atoms with Gasteiger partial charge in [-0.2, -0.15) is 0 Å². The highest BCUT2D eigenvalue weighted by atomic mass is 16.3. The van der Waals surface area contributed by atoms with Crippen molar-refractivity contribution in [2.24, 2.45) is 5.92 Å². The first-order valence-electron chi connectivity index (χ1n) is 7.04. The summed E-state index contributed by atoms with van der Waals surface area (Å²) in [7, 11) is 0. The summed E-state index contributed by atoms with van der Waals surface area (Å²) < 4.78 is 0. The van der Waals surface area contributed by atoms with Gasteiger partial charge in [0.2, 0.25) is 0 Å². The largest absolute Gasteiger partial charge is 0.508 e. The molecule has 1 aromatic rings. The highest BCUT2D eigenvalue weighted by Gasteiger charge is 2.08. The van der Waals surface area contributed by atoms with Crippen molar-refractivity contribution in [1.29, 1.82) is 0 Å². The minimum Gasteiger partial charge on any atom is -0.508 e. The molecule has 1 aromatic carbocycles. The molecule has 0 bridgehead atoms. The molecule has 0 aliphatic rings. The Morgan fingerprint density at radius 2 is 1.47 bits per heavy atom. The van der Waals surface area contributed by atoms with Crippen molar-refractivity contribution < 1.29 is 5.11 Å². The molecule has 0 atom stereocenters. The highest BCUT2D eigenvalue weighted by Crippen LogP contribution is 2.22. The molecule has 0 fully saturated rings. The third kappa shape index (κ3) is 5.76. The summed E-state index contributed by atoms with van der Waals surface area (Å²) in [5.41, 5.74) is 1.36. The molecule has 0 amide bonds. The van der Waals surface area contributed by atoms with Crippen molar-refractivity contribution in [2.75, 3.05) is 0 Å². The van der Waals surface area contributed by atoms with E-state index in [0.717, 1.165) is 5.92 Å². The van der Waals surface area contributed by atoms with E-state index in [0.29, 0.717) is 5.75 Å². The lowest BCUT2D eigenvalue weighted by molar-refractivity contribution is 0.417. The van der Waals surface area contributed by atoms with Crippen molar-refractivity contribution in [3.8, 4) is 5.75 Å². The maximum atomic E-state index is 9.27. The third-order valence-corrected chi connectivity index (χ3v) is 3.39. The standard InChI is InChI=1S/C16H26O/c1-3-5-7-14(8-6-4-2)13-15-9-11-16(17)12-10-15/h9-12,14,17H,3-8,13H2,1-2H3. The lowest BCUT2D eigenvalue weighted by atomic mass is 9.90. The van der Waals surface area contributed by atoms with Crippen LogP contribution in [0.3, 0.4) is 0 Å². The van der Waals surface area contributed by atoms with Gasteiger partial charge in [-0.05, 0) is 30.0 Å². The Morgan fingerprint density at radius 3 is 1.94 bits per heavy atom. The lowest BCUT2D eigenvalue weighted by Crippen LogP contribution is -2.04. The SMILES string of the molecule is CCCCC(CCCC)Cc1ccc(O)cc1. The zero-order valence-electron chi connectivity index (χ0n) is 11.3. The van der Waals surface area contributed by atoms with Gasteiger partial charge >= 0.3 is 0 Å². The van der Waals surface area contributed by atoms with Crippen LogP contribution in [0.4, 0.5) is 0 Å². The van der Waals surface area contributed by atoms with Crippen molar-refractivity contribution in [3.05, 3.63) is 29.8 Å². The number of rotatable bonds is 8. The lowest BCUT2D eigenvalue weighted by Gasteiger charge is -2.16. The molecule has 0 spiro atoms. The molecule has 1 heteroatoms. The van der Waals surface area contributed by atoms with E-state index in [9.17, 15) is 5.11 Å². The van der Waals surface area contributed by atoms with Gasteiger partial charge in [0.1, 0.15) is 5.75 Å². The van der Waals surface area contributed by atoms with Crippen LogP contribution in [0.2, 0.25) is 0 Å². The molecular formula is C16H26O. The molecule has 1 nitrogen and oxygen atoms in total. The fourth-order valence-corrected chi connectivity index (χ4v) is 2.30. The average molecular weight is 234 g/mol. The van der Waals surface area contributed by atoms with E-state index < -0.39 is 0 Å². The van der Waals surface area contributed by atoms with Crippen molar-refractivity contribution in [3.63, 3.8) is 0 Å². The van der Waals surface area contributed by atoms with Crippen LogP contribution in [0.5, 0.6) is 5.75 Å². The summed E-state index contributed by atoms with van der Waals surface area (Å²) in [5, 5.41) is 9.27. The second kappa shape index (κ2) is 8.16. The van der Waals surface area contributed by atoms with E-state index in [-0.39, 0.29) is 0 Å². The Morgan fingerprint density at radius 1 is 0.941 bits per heavy atom. The second-order valence-corrected chi connectivity index (χ2v) is 5.02. The van der Waals surface area contributed by atoms with E-state index in [1.807, 2.05) is 0 Å². The van der Waals surface area contributed by atoms with Gasteiger partial charge in [0.15, 0.2) is 0 Å². The van der Waals surface area contributed by atoms with Gasteiger partial charge in [-0.25, -0.2) is 0 Å². The quantitative estimate of drug-likeness (QED) is 0.676. The summed E-state index contributed by atoms with van der Waals surface area (Å²) in [6.45, 7) is 4.52. The number of hydrogen-bond donors (Lipinski definition) is 1. The van der Waals surface area contributed by atoms with Gasteiger partial charge in [0, 0.05) is 0 Å². The summed E-state index contributed by atoms with van der Waals surface area (Å²) in [6.07, 6.45) is 9.12. The number of benzene rings is 1. The van der Waals surface area contributed by atoms with Crippen LogP contribution in [0.25, 0.3) is 0 Å². The second-order valence-electron chi connectivity index (χ2n) is 5.02. The zero-order valence-corrected chi connectivity index (χ0v) is 11.3. The molecule has 0 radical (unpaired) electrons. The van der Waals surface area contributed by atoms with E-state index in [1.165, 1.54) is 50.5 Å². The van der Waals surface area contributed by atoms with Crippen LogP contribution in [0.15, 0.2) is 24.3 Å². The fourth-order valence-electron chi connectivity index (χ4n) is 2.30. The summed E-state index contributed by atoms with van der Waals surface area (Å²) in [6, 6.07) is 7.71. The molecule has 17 heavy (non-hydrogen) atoms. The van der Waals surface area contributed by atoms with Crippen molar-refractivity contribution in [1.82, 2.24) is 0 Å². The zero-order chi connectivity index (χ0) is 12.5. The Balaban J connectivity index is 2.48. The maximum Gasteiger partial charge on any atom is 0.115 e. The van der Waals surface area contributed by atoms with Crippen LogP contribution in [0, 0.1) is 5.92 Å². The first kappa shape index (κ1) is 14.1. The van der Waals surface area contributed by atoms with Gasteiger partial charge in [-0.3, -0.25) is 0 Å². The maximum absolute atomic E-state index is 9.27. The fraction of sp³-hybridized carbons (Fsp3) is 0.625. The van der Waals surface area contributed by atoms with Crippen LogP contribution < -0.4 is 0 Å². The molecular weight excluding hydrogens is 208 g/mol. The number of phenols is 1. The molecule has 0 aliphatic heterocycles. The molecule has 1 N–H and O–H groups in total. The Labute approximate surface area is 106 Å². The van der Waals surface area contributed by atoms with E-state index >= 15 is 0 Å². The first-order chi connectivity index (χ1) is 8.26. The Bertz CT molecular complexity index is 281. The number of hydrogen-bond acceptors (Lipinski definition) is 1. The molecule has 0 aromatic heterocycles. The predicted octanol–water partition coefficient (Wildman–Crippen LogP) is 4.93. The molecule has 0 saturated heterocycles. The van der Waals surface area contributed by atoms with Gasteiger partial charge in [-0.1, -0.05) is 64.5 Å². The normalized spacial score (nSPS) is 11.0. The van der Waals surface area contributed by atoms with Gasteiger partial charge in [-0.15, -0.1) is 0 Å².